The van der Waals surface area contributed by atoms with E-state index >= 15 is 0 Å². The lowest BCUT2D eigenvalue weighted by Crippen LogP contribution is -2.40. The number of aromatic nitrogens is 1. The van der Waals surface area contributed by atoms with Crippen LogP contribution in [0.25, 0.3) is 10.9 Å². The van der Waals surface area contributed by atoms with E-state index in [9.17, 15) is 8.42 Å². The fourth-order valence-corrected chi connectivity index (χ4v) is 5.99. The second kappa shape index (κ2) is 8.89. The fraction of sp³-hybridized carbons (Fsp3) is 0.286. The van der Waals surface area contributed by atoms with Crippen molar-refractivity contribution in [2.75, 3.05) is 5.32 Å². The first-order valence-corrected chi connectivity index (χ1v) is 12.2. The average Bonchev–Trinajstić information content (AvgIpc) is 2.68. The Bertz CT molecular complexity index is 1160. The van der Waals surface area contributed by atoms with Crippen LogP contribution in [-0.4, -0.2) is 25.5 Å². The zero-order chi connectivity index (χ0) is 21.3. The van der Waals surface area contributed by atoms with Gasteiger partial charge in [-0.2, -0.15) is 0 Å². The van der Waals surface area contributed by atoms with Crippen molar-refractivity contribution >= 4 is 61.4 Å². The Kier molecular flexibility index (Phi) is 6.42. The van der Waals surface area contributed by atoms with Gasteiger partial charge in [-0.05, 0) is 68.1 Å². The Labute approximate surface area is 190 Å². The predicted octanol–water partition coefficient (Wildman–Crippen LogP) is 5.90. The average molecular weight is 485 g/mol. The van der Waals surface area contributed by atoms with Crippen LogP contribution in [0.3, 0.4) is 0 Å². The van der Waals surface area contributed by atoms with Gasteiger partial charge in [0.1, 0.15) is 0 Å². The highest BCUT2D eigenvalue weighted by atomic mass is 35.5. The van der Waals surface area contributed by atoms with Gasteiger partial charge in [0.05, 0.1) is 10.4 Å². The number of fused-ring (bicyclic) bond motifs is 1. The lowest BCUT2D eigenvalue weighted by atomic mass is 9.91. The lowest BCUT2D eigenvalue weighted by molar-refractivity contribution is 0.387. The van der Waals surface area contributed by atoms with Gasteiger partial charge in [-0.1, -0.05) is 34.8 Å². The number of hydrogen-bond acceptors (Lipinski definition) is 4. The second-order valence-corrected chi connectivity index (χ2v) is 10.5. The van der Waals surface area contributed by atoms with E-state index in [1.807, 2.05) is 24.3 Å². The van der Waals surface area contributed by atoms with E-state index in [-0.39, 0.29) is 17.0 Å². The minimum Gasteiger partial charge on any atom is -0.382 e. The van der Waals surface area contributed by atoms with Crippen LogP contribution in [0.1, 0.15) is 25.7 Å². The highest BCUT2D eigenvalue weighted by molar-refractivity contribution is 7.89. The summed E-state index contributed by atoms with van der Waals surface area (Å²) in [6.45, 7) is 0. The van der Waals surface area contributed by atoms with Crippen molar-refractivity contribution < 1.29 is 8.42 Å². The number of pyridine rings is 1. The Hall–Kier alpha value is -1.57. The molecule has 3 aromatic rings. The summed E-state index contributed by atoms with van der Waals surface area (Å²) in [4.78, 5) is 4.45. The third-order valence-electron chi connectivity index (χ3n) is 5.26. The molecule has 1 saturated carbocycles. The zero-order valence-electron chi connectivity index (χ0n) is 15.9. The number of rotatable bonds is 5. The van der Waals surface area contributed by atoms with E-state index in [0.29, 0.717) is 15.1 Å². The van der Waals surface area contributed by atoms with Gasteiger partial charge < -0.3 is 5.32 Å². The minimum atomic E-state index is -3.67. The molecule has 0 saturated heterocycles. The third kappa shape index (κ3) is 5.01. The Balaban J connectivity index is 1.40. The molecule has 9 heteroatoms. The van der Waals surface area contributed by atoms with Gasteiger partial charge in [0.25, 0.3) is 0 Å². The molecule has 1 aliphatic rings. The standard InChI is InChI=1S/C21H20Cl3N3O2S/c22-13-1-6-19-20(7-8-25-21(19)12-13)26-16-2-4-17(5-3-16)27-30(28,29)18-10-14(23)9-15(24)11-18/h1,6-12,16-17,27H,2-5H2,(H,25,26)/t16-,17+. The largest absolute Gasteiger partial charge is 0.382 e. The molecule has 0 bridgehead atoms. The summed E-state index contributed by atoms with van der Waals surface area (Å²) in [7, 11) is -3.67. The molecule has 158 valence electrons. The predicted molar refractivity (Wildman–Crippen MR) is 123 cm³/mol. The van der Waals surface area contributed by atoms with E-state index < -0.39 is 10.0 Å². The molecule has 0 aliphatic heterocycles. The summed E-state index contributed by atoms with van der Waals surface area (Å²) in [6.07, 6.45) is 4.93. The maximum Gasteiger partial charge on any atom is 0.240 e. The molecule has 0 amide bonds. The summed E-state index contributed by atoms with van der Waals surface area (Å²) in [5.41, 5.74) is 1.85. The molecule has 1 aliphatic carbocycles. The maximum atomic E-state index is 12.7. The number of nitrogens with one attached hydrogen (secondary N) is 2. The van der Waals surface area contributed by atoms with Crippen molar-refractivity contribution in [2.24, 2.45) is 0 Å². The van der Waals surface area contributed by atoms with Crippen LogP contribution in [0, 0.1) is 0 Å². The fourth-order valence-electron chi connectivity index (χ4n) is 3.79. The normalized spacial score (nSPS) is 19.7. The first kappa shape index (κ1) is 21.7. The molecule has 0 atom stereocenters. The van der Waals surface area contributed by atoms with E-state index in [2.05, 4.69) is 15.0 Å². The molecule has 1 fully saturated rings. The van der Waals surface area contributed by atoms with Gasteiger partial charge >= 0.3 is 0 Å². The van der Waals surface area contributed by atoms with Crippen molar-refractivity contribution in [1.82, 2.24) is 9.71 Å². The maximum absolute atomic E-state index is 12.7. The summed E-state index contributed by atoms with van der Waals surface area (Å²) in [5.74, 6) is 0. The van der Waals surface area contributed by atoms with Gasteiger partial charge in [0, 0.05) is 44.4 Å². The van der Waals surface area contributed by atoms with Gasteiger partial charge in [-0.25, -0.2) is 13.1 Å². The van der Waals surface area contributed by atoms with Crippen molar-refractivity contribution in [3.05, 3.63) is 63.7 Å². The Morgan fingerprint density at radius 1 is 0.833 bits per heavy atom. The number of sulfonamides is 1. The molecular formula is C21H20Cl3N3O2S. The number of anilines is 1. The van der Waals surface area contributed by atoms with Crippen LogP contribution in [0.5, 0.6) is 0 Å². The van der Waals surface area contributed by atoms with Gasteiger partial charge in [-0.15, -0.1) is 0 Å². The van der Waals surface area contributed by atoms with E-state index in [4.69, 9.17) is 34.8 Å². The molecule has 2 N–H and O–H groups in total. The van der Waals surface area contributed by atoms with Crippen LogP contribution in [-0.2, 0) is 10.0 Å². The molecule has 0 spiro atoms. The molecule has 1 heterocycles. The second-order valence-electron chi connectivity index (χ2n) is 7.44. The smallest absolute Gasteiger partial charge is 0.240 e. The lowest BCUT2D eigenvalue weighted by Gasteiger charge is -2.30. The minimum absolute atomic E-state index is 0.0853. The third-order valence-corrected chi connectivity index (χ3v) is 7.43. The monoisotopic (exact) mass is 483 g/mol. The van der Waals surface area contributed by atoms with Crippen LogP contribution >= 0.6 is 34.8 Å². The van der Waals surface area contributed by atoms with Gasteiger partial charge in [0.2, 0.25) is 10.0 Å². The van der Waals surface area contributed by atoms with Crippen LogP contribution in [0.2, 0.25) is 15.1 Å². The van der Waals surface area contributed by atoms with Crippen LogP contribution in [0.15, 0.2) is 53.6 Å². The first-order valence-electron chi connectivity index (χ1n) is 9.59. The number of nitrogens with zero attached hydrogens (tertiary/aromatic N) is 1. The van der Waals surface area contributed by atoms with Gasteiger partial charge in [0.15, 0.2) is 0 Å². The van der Waals surface area contributed by atoms with Crippen molar-refractivity contribution in [2.45, 2.75) is 42.7 Å². The molecule has 5 nitrogen and oxygen atoms in total. The van der Waals surface area contributed by atoms with Crippen molar-refractivity contribution in [1.29, 1.82) is 0 Å². The summed E-state index contributed by atoms with van der Waals surface area (Å²) >= 11 is 18.0. The molecule has 0 radical (unpaired) electrons. The number of benzene rings is 2. The molecule has 1 aromatic heterocycles. The van der Waals surface area contributed by atoms with Gasteiger partial charge in [-0.3, -0.25) is 4.98 Å². The molecular weight excluding hydrogens is 465 g/mol. The Morgan fingerprint density at radius 3 is 2.20 bits per heavy atom. The highest BCUT2D eigenvalue weighted by Crippen LogP contribution is 2.29. The quantitative estimate of drug-likeness (QED) is 0.473. The van der Waals surface area contributed by atoms with E-state index in [1.165, 1.54) is 18.2 Å². The van der Waals surface area contributed by atoms with Crippen molar-refractivity contribution in [3.8, 4) is 0 Å². The Morgan fingerprint density at radius 2 is 1.50 bits per heavy atom. The molecule has 30 heavy (non-hydrogen) atoms. The topological polar surface area (TPSA) is 71.1 Å². The van der Waals surface area contributed by atoms with Crippen LogP contribution < -0.4 is 10.0 Å². The summed E-state index contributed by atoms with van der Waals surface area (Å²) in [6, 6.07) is 12.1. The van der Waals surface area contributed by atoms with E-state index in [0.717, 1.165) is 42.3 Å². The zero-order valence-corrected chi connectivity index (χ0v) is 19.0. The first-order chi connectivity index (χ1) is 14.3. The SMILES string of the molecule is O=S(=O)(N[C@H]1CC[C@@H](Nc2ccnc3cc(Cl)ccc23)CC1)c1cc(Cl)cc(Cl)c1. The summed E-state index contributed by atoms with van der Waals surface area (Å²) in [5, 5.41) is 5.83. The van der Waals surface area contributed by atoms with Crippen LogP contribution in [0.4, 0.5) is 5.69 Å². The van der Waals surface area contributed by atoms with E-state index in [1.54, 1.807) is 6.20 Å². The highest BCUT2D eigenvalue weighted by Gasteiger charge is 2.26. The number of hydrogen-bond donors (Lipinski definition) is 2. The molecule has 0 unspecified atom stereocenters. The number of halogens is 3. The van der Waals surface area contributed by atoms with Crippen molar-refractivity contribution in [3.63, 3.8) is 0 Å². The molecule has 2 aromatic carbocycles. The molecule has 4 rings (SSSR count). The summed E-state index contributed by atoms with van der Waals surface area (Å²) < 4.78 is 28.2.